The zero-order chi connectivity index (χ0) is 13.8. The van der Waals surface area contributed by atoms with Gasteiger partial charge in [0.15, 0.2) is 0 Å². The third-order valence-corrected chi connectivity index (χ3v) is 3.12. The predicted molar refractivity (Wildman–Crippen MR) is 75.5 cm³/mol. The molecule has 1 amide bonds. The number of anilines is 1. The molecule has 0 bridgehead atoms. The molecule has 19 heavy (non-hydrogen) atoms. The summed E-state index contributed by atoms with van der Waals surface area (Å²) in [6.45, 7) is 0. The Kier molecular flexibility index (Phi) is 4.39. The number of rotatable bonds is 3. The number of carbonyl (C=O) groups is 1. The van der Waals surface area contributed by atoms with Crippen LogP contribution >= 0.6 is 27.5 Å². The van der Waals surface area contributed by atoms with E-state index in [0.29, 0.717) is 15.9 Å². The lowest BCUT2D eigenvalue weighted by molar-refractivity contribution is -0.111. The summed E-state index contributed by atoms with van der Waals surface area (Å²) < 4.78 is 18.4. The first-order valence-electron chi connectivity index (χ1n) is 5.23. The molecule has 1 N–H and O–H groups in total. The molecule has 0 aliphatic rings. The van der Waals surface area contributed by atoms with Crippen LogP contribution in [0, 0.1) is 5.82 Å². The summed E-state index contributed by atoms with van der Waals surface area (Å²) in [4.78, 5) is 11.7. The van der Waals surface area contributed by atoms with Crippen molar-refractivity contribution in [2.75, 3.05) is 5.32 Å². The fraction of sp³-hybridized carbons (Fsp3) is 0. The van der Waals surface area contributed by atoms with Gasteiger partial charge in [-0.05, 0) is 46.3 Å². The monoisotopic (exact) mass is 343 g/mol. The minimum absolute atomic E-state index is 0.117. The lowest BCUT2D eigenvalue weighted by atomic mass is 10.3. The Balaban J connectivity index is 2.11. The van der Waals surface area contributed by atoms with Crippen molar-refractivity contribution in [2.45, 2.75) is 0 Å². The number of carbonyl (C=O) groups excluding carboxylic acids is 1. The molecule has 0 spiro atoms. The van der Waals surface area contributed by atoms with Crippen LogP contribution in [0.3, 0.4) is 0 Å². The van der Waals surface area contributed by atoms with Gasteiger partial charge in [-0.3, -0.25) is 4.79 Å². The van der Waals surface area contributed by atoms with Crippen LogP contribution in [0.4, 0.5) is 10.1 Å². The van der Waals surface area contributed by atoms with Crippen molar-refractivity contribution in [3.63, 3.8) is 0 Å². The van der Waals surface area contributed by atoms with Crippen LogP contribution in [-0.2, 0) is 4.79 Å². The van der Waals surface area contributed by atoms with Gasteiger partial charge in [-0.15, -0.1) is 0 Å². The van der Waals surface area contributed by atoms with Crippen LogP contribution in [0.1, 0.15) is 5.76 Å². The van der Waals surface area contributed by atoms with Crippen molar-refractivity contribution in [1.82, 2.24) is 0 Å². The third-order valence-electron chi connectivity index (χ3n) is 2.20. The molecule has 0 saturated heterocycles. The molecule has 2 aromatic rings. The van der Waals surface area contributed by atoms with Crippen LogP contribution in [0.15, 0.2) is 45.5 Å². The second-order valence-electron chi connectivity index (χ2n) is 3.58. The lowest BCUT2D eigenvalue weighted by Gasteiger charge is -2.07. The Morgan fingerprint density at radius 3 is 2.89 bits per heavy atom. The van der Waals surface area contributed by atoms with Crippen molar-refractivity contribution < 1.29 is 13.6 Å². The van der Waals surface area contributed by atoms with Crippen LogP contribution in [0.2, 0.25) is 5.02 Å². The number of hydrogen-bond acceptors (Lipinski definition) is 2. The van der Waals surface area contributed by atoms with Crippen LogP contribution in [0.25, 0.3) is 6.08 Å². The molecule has 98 valence electrons. The van der Waals surface area contributed by atoms with E-state index >= 15 is 0 Å². The van der Waals surface area contributed by atoms with E-state index < -0.39 is 11.7 Å². The maximum absolute atomic E-state index is 13.0. The second-order valence-corrected chi connectivity index (χ2v) is 4.84. The molecule has 1 heterocycles. The normalized spacial score (nSPS) is 10.9. The van der Waals surface area contributed by atoms with Crippen molar-refractivity contribution in [3.05, 3.63) is 57.7 Å². The molecule has 1 aromatic carbocycles. The summed E-state index contributed by atoms with van der Waals surface area (Å²) in [5.74, 6) is -0.328. The molecule has 6 heteroatoms. The Hall–Kier alpha value is -1.59. The average molecular weight is 345 g/mol. The van der Waals surface area contributed by atoms with E-state index in [4.69, 9.17) is 16.0 Å². The Labute approximate surface area is 122 Å². The third kappa shape index (κ3) is 3.68. The van der Waals surface area contributed by atoms with E-state index in [2.05, 4.69) is 21.2 Å². The Morgan fingerprint density at radius 1 is 1.47 bits per heavy atom. The molecular formula is C13H8BrClFNO2. The number of benzene rings is 1. The van der Waals surface area contributed by atoms with Gasteiger partial charge in [-0.1, -0.05) is 11.6 Å². The molecule has 0 saturated carbocycles. The maximum atomic E-state index is 13.0. The van der Waals surface area contributed by atoms with Crippen molar-refractivity contribution >= 4 is 45.2 Å². The van der Waals surface area contributed by atoms with E-state index in [1.165, 1.54) is 24.5 Å². The minimum Gasteiger partial charge on any atom is -0.465 e. The van der Waals surface area contributed by atoms with Gasteiger partial charge in [0, 0.05) is 10.5 Å². The van der Waals surface area contributed by atoms with Crippen molar-refractivity contribution in [3.8, 4) is 0 Å². The lowest BCUT2D eigenvalue weighted by Crippen LogP contribution is -2.09. The largest absolute Gasteiger partial charge is 0.465 e. The van der Waals surface area contributed by atoms with Crippen LogP contribution < -0.4 is 5.32 Å². The van der Waals surface area contributed by atoms with Gasteiger partial charge in [-0.25, -0.2) is 4.39 Å². The fourth-order valence-corrected chi connectivity index (χ4v) is 2.27. The van der Waals surface area contributed by atoms with Gasteiger partial charge in [0.05, 0.1) is 17.0 Å². The van der Waals surface area contributed by atoms with Gasteiger partial charge in [0.2, 0.25) is 5.91 Å². The maximum Gasteiger partial charge on any atom is 0.248 e. The summed E-state index contributed by atoms with van der Waals surface area (Å²) in [7, 11) is 0. The number of halogens is 3. The first kappa shape index (κ1) is 13.8. The number of furan rings is 1. The average Bonchev–Trinajstić information content (AvgIpc) is 2.84. The topological polar surface area (TPSA) is 42.2 Å². The van der Waals surface area contributed by atoms with Crippen LogP contribution in [0.5, 0.6) is 0 Å². The molecule has 0 aliphatic carbocycles. The zero-order valence-electron chi connectivity index (χ0n) is 9.49. The van der Waals surface area contributed by atoms with E-state index in [1.54, 1.807) is 12.1 Å². The molecule has 1 aromatic heterocycles. The predicted octanol–water partition coefficient (Wildman–Crippen LogP) is 4.49. The highest BCUT2D eigenvalue weighted by atomic mass is 79.9. The quantitative estimate of drug-likeness (QED) is 0.834. The number of amides is 1. The van der Waals surface area contributed by atoms with Crippen molar-refractivity contribution in [2.24, 2.45) is 0 Å². The Morgan fingerprint density at radius 2 is 2.26 bits per heavy atom. The fourth-order valence-electron chi connectivity index (χ4n) is 1.37. The molecule has 0 fully saturated rings. The Bertz CT molecular complexity index is 603. The summed E-state index contributed by atoms with van der Waals surface area (Å²) in [5, 5.41) is 2.67. The summed E-state index contributed by atoms with van der Waals surface area (Å²) >= 11 is 8.99. The number of nitrogens with one attached hydrogen (secondary N) is 1. The minimum atomic E-state index is -0.485. The van der Waals surface area contributed by atoms with Gasteiger partial charge in [0.25, 0.3) is 0 Å². The van der Waals surface area contributed by atoms with Gasteiger partial charge < -0.3 is 9.73 Å². The summed E-state index contributed by atoms with van der Waals surface area (Å²) in [6.07, 6.45) is 4.32. The first-order chi connectivity index (χ1) is 9.06. The van der Waals surface area contributed by atoms with E-state index in [1.807, 2.05) is 0 Å². The molecule has 0 aliphatic heterocycles. The van der Waals surface area contributed by atoms with Crippen molar-refractivity contribution in [1.29, 1.82) is 0 Å². The van der Waals surface area contributed by atoms with E-state index in [0.717, 1.165) is 6.07 Å². The summed E-state index contributed by atoms with van der Waals surface area (Å²) in [5.41, 5.74) is 0.317. The van der Waals surface area contributed by atoms with Gasteiger partial charge in [-0.2, -0.15) is 0 Å². The molecule has 2 rings (SSSR count). The van der Waals surface area contributed by atoms with Gasteiger partial charge in [0.1, 0.15) is 11.6 Å². The highest BCUT2D eigenvalue weighted by molar-refractivity contribution is 9.10. The molecule has 0 radical (unpaired) electrons. The van der Waals surface area contributed by atoms with Crippen LogP contribution in [-0.4, -0.2) is 5.91 Å². The smallest absolute Gasteiger partial charge is 0.248 e. The molecular weight excluding hydrogens is 337 g/mol. The standard InChI is InChI=1S/C13H8BrClFNO2/c14-10-6-8(16)7-11(15)13(10)17-12(18)4-3-9-2-1-5-19-9/h1-7H,(H,17,18). The first-order valence-corrected chi connectivity index (χ1v) is 6.40. The van der Waals surface area contributed by atoms with E-state index in [-0.39, 0.29) is 5.02 Å². The second kappa shape index (κ2) is 6.04. The highest BCUT2D eigenvalue weighted by Crippen LogP contribution is 2.31. The summed E-state index contributed by atoms with van der Waals surface area (Å²) in [6, 6.07) is 5.77. The highest BCUT2D eigenvalue weighted by Gasteiger charge is 2.09. The van der Waals surface area contributed by atoms with E-state index in [9.17, 15) is 9.18 Å². The number of hydrogen-bond donors (Lipinski definition) is 1. The molecule has 0 atom stereocenters. The zero-order valence-corrected chi connectivity index (χ0v) is 11.8. The molecule has 0 unspecified atom stereocenters. The SMILES string of the molecule is O=C(C=Cc1ccco1)Nc1c(Cl)cc(F)cc1Br. The van der Waals surface area contributed by atoms with Gasteiger partial charge >= 0.3 is 0 Å². The molecule has 3 nitrogen and oxygen atoms in total.